The zero-order valence-corrected chi connectivity index (χ0v) is 24.0. The van der Waals surface area contributed by atoms with E-state index in [-0.39, 0.29) is 28.5 Å². The topological polar surface area (TPSA) is 175 Å². The second-order valence-corrected chi connectivity index (χ2v) is 11.0. The van der Waals surface area contributed by atoms with Crippen LogP contribution in [0.15, 0.2) is 77.4 Å². The van der Waals surface area contributed by atoms with Gasteiger partial charge < -0.3 is 9.64 Å². The molecule has 0 radical (unpaired) electrons. The van der Waals surface area contributed by atoms with Crippen molar-refractivity contribution in [2.24, 2.45) is 11.0 Å². The fourth-order valence-corrected chi connectivity index (χ4v) is 6.19. The van der Waals surface area contributed by atoms with E-state index in [1.165, 1.54) is 35.3 Å². The van der Waals surface area contributed by atoms with E-state index in [1.807, 2.05) is 11.0 Å². The number of benzene rings is 3. The zero-order valence-electron chi connectivity index (χ0n) is 24.0. The van der Waals surface area contributed by atoms with E-state index in [2.05, 4.69) is 0 Å². The molecule has 2 atom stereocenters. The molecule has 14 nitrogen and oxygen atoms in total. The SMILES string of the molecule is O=C(c1ccc(N2CCOCC2)c([N+](=O)[O-])c1)N1N=C2/C(=C/c3ccc([N+](=O)[O-])cc3)CCCC2C1c1ccc([N+](=O)[O-])cc1. The number of amides is 1. The second-order valence-electron chi connectivity index (χ2n) is 11.0. The van der Waals surface area contributed by atoms with Crippen LogP contribution < -0.4 is 4.90 Å². The Bertz CT molecular complexity index is 1730. The lowest BCUT2D eigenvalue weighted by atomic mass is 9.77. The molecular weight excluding hydrogens is 584 g/mol. The molecule has 230 valence electrons. The summed E-state index contributed by atoms with van der Waals surface area (Å²) in [5.74, 6) is -0.775. The molecule has 0 spiro atoms. The number of hydrogen-bond donors (Lipinski definition) is 0. The maximum Gasteiger partial charge on any atom is 0.293 e. The summed E-state index contributed by atoms with van der Waals surface area (Å²) in [6, 6.07) is 15.9. The first kappa shape index (κ1) is 29.6. The molecule has 1 saturated carbocycles. The van der Waals surface area contributed by atoms with Crippen molar-refractivity contribution in [2.45, 2.75) is 25.3 Å². The highest BCUT2D eigenvalue weighted by molar-refractivity contribution is 6.09. The smallest absolute Gasteiger partial charge is 0.293 e. The van der Waals surface area contributed by atoms with Gasteiger partial charge in [-0.3, -0.25) is 35.1 Å². The summed E-state index contributed by atoms with van der Waals surface area (Å²) in [5, 5.41) is 40.7. The normalized spacial score (nSPS) is 20.4. The molecule has 3 aromatic carbocycles. The number of ether oxygens (including phenoxy) is 1. The molecule has 1 amide bonds. The number of nitro benzene ring substituents is 3. The van der Waals surface area contributed by atoms with E-state index >= 15 is 0 Å². The number of anilines is 1. The van der Waals surface area contributed by atoms with Crippen LogP contribution in [0.2, 0.25) is 0 Å². The molecule has 6 rings (SSSR count). The average molecular weight is 613 g/mol. The molecule has 3 aliphatic rings. The summed E-state index contributed by atoms with van der Waals surface area (Å²) in [5.41, 5.74) is 3.12. The van der Waals surface area contributed by atoms with Crippen LogP contribution in [0.3, 0.4) is 0 Å². The molecule has 2 unspecified atom stereocenters. The zero-order chi connectivity index (χ0) is 31.7. The summed E-state index contributed by atoms with van der Waals surface area (Å²) in [6.07, 6.45) is 4.05. The van der Waals surface area contributed by atoms with Crippen LogP contribution in [0.4, 0.5) is 22.7 Å². The Hall–Kier alpha value is -5.50. The predicted molar refractivity (Wildman–Crippen MR) is 164 cm³/mol. The van der Waals surface area contributed by atoms with Crippen molar-refractivity contribution in [3.05, 3.63) is 119 Å². The van der Waals surface area contributed by atoms with E-state index in [0.29, 0.717) is 56.1 Å². The number of carbonyl (C=O) groups excluding carboxylic acids is 1. The van der Waals surface area contributed by atoms with Gasteiger partial charge in [0.25, 0.3) is 23.0 Å². The molecule has 0 bridgehead atoms. The van der Waals surface area contributed by atoms with Crippen LogP contribution in [0, 0.1) is 36.3 Å². The minimum absolute atomic E-state index is 0.0272. The molecule has 1 saturated heterocycles. The lowest BCUT2D eigenvalue weighted by molar-refractivity contribution is -0.385. The lowest BCUT2D eigenvalue weighted by Crippen LogP contribution is -2.36. The number of non-ortho nitro benzene ring substituents is 2. The maximum absolute atomic E-state index is 14.1. The van der Waals surface area contributed by atoms with Crippen molar-refractivity contribution >= 4 is 40.4 Å². The molecule has 0 N–H and O–H groups in total. The number of hydrogen-bond acceptors (Lipinski definition) is 10. The van der Waals surface area contributed by atoms with Crippen molar-refractivity contribution in [2.75, 3.05) is 31.2 Å². The van der Waals surface area contributed by atoms with Gasteiger partial charge in [0.1, 0.15) is 5.69 Å². The number of nitrogens with zero attached hydrogens (tertiary/aromatic N) is 6. The first-order chi connectivity index (χ1) is 21.7. The van der Waals surface area contributed by atoms with Crippen molar-refractivity contribution < 1.29 is 24.3 Å². The first-order valence-corrected chi connectivity index (χ1v) is 14.4. The van der Waals surface area contributed by atoms with Crippen molar-refractivity contribution in [1.82, 2.24) is 5.01 Å². The summed E-state index contributed by atoms with van der Waals surface area (Å²) >= 11 is 0. The van der Waals surface area contributed by atoms with Crippen molar-refractivity contribution in [3.63, 3.8) is 0 Å². The molecule has 1 aliphatic carbocycles. The highest BCUT2D eigenvalue weighted by atomic mass is 16.6. The molecule has 45 heavy (non-hydrogen) atoms. The number of hydrazone groups is 1. The Morgan fingerprint density at radius 1 is 0.867 bits per heavy atom. The third kappa shape index (κ3) is 5.87. The van der Waals surface area contributed by atoms with E-state index in [9.17, 15) is 35.1 Å². The minimum Gasteiger partial charge on any atom is -0.378 e. The number of morpholine rings is 1. The summed E-state index contributed by atoms with van der Waals surface area (Å²) < 4.78 is 5.38. The van der Waals surface area contributed by atoms with Gasteiger partial charge >= 0.3 is 0 Å². The molecule has 0 aromatic heterocycles. The van der Waals surface area contributed by atoms with Gasteiger partial charge in [-0.15, -0.1) is 0 Å². The van der Waals surface area contributed by atoms with Crippen molar-refractivity contribution in [1.29, 1.82) is 0 Å². The van der Waals surface area contributed by atoms with E-state index in [0.717, 1.165) is 17.6 Å². The number of fused-ring (bicyclic) bond motifs is 1. The summed E-state index contributed by atoms with van der Waals surface area (Å²) in [6.45, 7) is 1.86. The lowest BCUT2D eigenvalue weighted by Gasteiger charge is -2.30. The van der Waals surface area contributed by atoms with Gasteiger partial charge in [-0.1, -0.05) is 12.1 Å². The van der Waals surface area contributed by atoms with E-state index < -0.39 is 26.7 Å². The molecule has 3 aromatic rings. The summed E-state index contributed by atoms with van der Waals surface area (Å²) in [4.78, 5) is 49.1. The summed E-state index contributed by atoms with van der Waals surface area (Å²) in [7, 11) is 0. The number of carbonyl (C=O) groups is 1. The molecule has 2 heterocycles. The average Bonchev–Trinajstić information content (AvgIpc) is 3.45. The maximum atomic E-state index is 14.1. The Morgan fingerprint density at radius 2 is 1.51 bits per heavy atom. The van der Waals surface area contributed by atoms with Gasteiger partial charge in [0.05, 0.1) is 39.7 Å². The monoisotopic (exact) mass is 612 g/mol. The molecule has 14 heteroatoms. The molecule has 2 fully saturated rings. The Morgan fingerprint density at radius 3 is 2.13 bits per heavy atom. The van der Waals surface area contributed by atoms with Crippen LogP contribution in [0.25, 0.3) is 6.08 Å². The van der Waals surface area contributed by atoms with Crippen LogP contribution in [0.1, 0.15) is 46.8 Å². The van der Waals surface area contributed by atoms with Gasteiger partial charge in [0.2, 0.25) is 0 Å². The van der Waals surface area contributed by atoms with Crippen LogP contribution in [-0.2, 0) is 4.74 Å². The largest absolute Gasteiger partial charge is 0.378 e. The minimum atomic E-state index is -0.605. The van der Waals surface area contributed by atoms with Gasteiger partial charge in [-0.05, 0) is 66.3 Å². The standard InChI is InChI=1S/C31H28N6O8/c38-31(23-8-13-27(28(19-23)37(43)44)33-14-16-45-17-15-33)34-30(21-6-11-25(12-7-21)36(41)42)26-3-1-2-22(29(26)32-34)18-20-4-9-24(10-5-20)35(39)40/h4-13,18-19,26,30H,1-3,14-17H2/b22-18+. The number of nitro groups is 3. The van der Waals surface area contributed by atoms with Gasteiger partial charge in [0.15, 0.2) is 0 Å². The number of rotatable bonds is 7. The molecule has 2 aliphatic heterocycles. The van der Waals surface area contributed by atoms with Gasteiger partial charge in [-0.2, -0.15) is 5.10 Å². The van der Waals surface area contributed by atoms with Crippen LogP contribution in [-0.4, -0.2) is 57.7 Å². The Balaban J connectivity index is 1.40. The fourth-order valence-electron chi connectivity index (χ4n) is 6.19. The highest BCUT2D eigenvalue weighted by Crippen LogP contribution is 2.45. The number of allylic oxidation sites excluding steroid dienone is 1. The van der Waals surface area contributed by atoms with E-state index in [4.69, 9.17) is 9.84 Å². The Labute approximate surface area is 256 Å². The highest BCUT2D eigenvalue weighted by Gasteiger charge is 2.44. The third-order valence-electron chi connectivity index (χ3n) is 8.37. The van der Waals surface area contributed by atoms with Crippen LogP contribution in [0.5, 0.6) is 0 Å². The van der Waals surface area contributed by atoms with Gasteiger partial charge in [-0.25, -0.2) is 5.01 Å². The first-order valence-electron chi connectivity index (χ1n) is 14.4. The fraction of sp³-hybridized carbons (Fsp3) is 0.290. The third-order valence-corrected chi connectivity index (χ3v) is 8.37. The Kier molecular flexibility index (Phi) is 8.04. The van der Waals surface area contributed by atoms with Crippen LogP contribution >= 0.6 is 0 Å². The quantitative estimate of drug-likeness (QED) is 0.240. The van der Waals surface area contributed by atoms with Crippen molar-refractivity contribution in [3.8, 4) is 0 Å². The second kappa shape index (κ2) is 12.2. The van der Waals surface area contributed by atoms with E-state index in [1.54, 1.807) is 36.4 Å². The predicted octanol–water partition coefficient (Wildman–Crippen LogP) is 5.68. The van der Waals surface area contributed by atoms with Gasteiger partial charge in [0, 0.05) is 54.9 Å². The molecular formula is C31H28N6O8.